The van der Waals surface area contributed by atoms with E-state index in [9.17, 15) is 0 Å². The molecule has 2 nitrogen and oxygen atoms in total. The molecule has 0 aliphatic carbocycles. The van der Waals surface area contributed by atoms with Crippen molar-refractivity contribution in [1.29, 1.82) is 0 Å². The van der Waals surface area contributed by atoms with Gasteiger partial charge in [-0.25, -0.2) is 5.26 Å². The van der Waals surface area contributed by atoms with Crippen LogP contribution in [0.15, 0.2) is 24.3 Å². The molecule has 0 amide bonds. The van der Waals surface area contributed by atoms with Gasteiger partial charge >= 0.3 is 0 Å². The summed E-state index contributed by atoms with van der Waals surface area (Å²) in [6.45, 7) is 11.2. The number of rotatable bonds is 3. The van der Waals surface area contributed by atoms with Crippen LogP contribution < -0.4 is 4.89 Å². The quantitative estimate of drug-likeness (QED) is 0.510. The zero-order valence-electron chi connectivity index (χ0n) is 11.2. The predicted octanol–water partition coefficient (Wildman–Crippen LogP) is 4.25. The van der Waals surface area contributed by atoms with Crippen molar-refractivity contribution in [3.63, 3.8) is 0 Å². The van der Waals surface area contributed by atoms with Gasteiger partial charge in [0.25, 0.3) is 0 Å². The van der Waals surface area contributed by atoms with E-state index in [1.54, 1.807) is 12.1 Å². The van der Waals surface area contributed by atoms with Gasteiger partial charge in [0.2, 0.25) is 0 Å². The van der Waals surface area contributed by atoms with E-state index in [0.29, 0.717) is 11.2 Å². The largest absolute Gasteiger partial charge is 0.340 e. The summed E-state index contributed by atoms with van der Waals surface area (Å²) in [5.41, 5.74) is 1.70. The smallest absolute Gasteiger partial charge is 0.165 e. The first-order valence-electron chi connectivity index (χ1n) is 5.67. The number of hydrogen-bond donors (Lipinski definition) is 1. The summed E-state index contributed by atoms with van der Waals surface area (Å²) in [5.74, 6) is 0.482. The molecule has 0 aliphatic rings. The van der Waals surface area contributed by atoms with Crippen molar-refractivity contribution in [2.75, 3.05) is 0 Å². The van der Waals surface area contributed by atoms with E-state index in [4.69, 9.17) is 5.26 Å². The standard InChI is InChI=1S/C14H22O2.Ni/c1-13(2,3)10-14(4,5)11-6-8-12(16-15)9-7-11;/h6-9,15H,10H2,1-5H3;. The van der Waals surface area contributed by atoms with Gasteiger partial charge in [0.15, 0.2) is 5.75 Å². The van der Waals surface area contributed by atoms with Gasteiger partial charge in [-0.1, -0.05) is 46.8 Å². The molecule has 0 aromatic heterocycles. The van der Waals surface area contributed by atoms with Crippen molar-refractivity contribution < 1.29 is 26.6 Å². The summed E-state index contributed by atoms with van der Waals surface area (Å²) < 4.78 is 0. The third-order valence-electron chi connectivity index (χ3n) is 2.71. The zero-order chi connectivity index (χ0) is 12.4. The Labute approximate surface area is 114 Å². The Kier molecular flexibility index (Phi) is 5.70. The van der Waals surface area contributed by atoms with Crippen molar-refractivity contribution in [3.8, 4) is 5.75 Å². The average Bonchev–Trinajstić information content (AvgIpc) is 2.14. The summed E-state index contributed by atoms with van der Waals surface area (Å²) in [7, 11) is 0. The minimum Gasteiger partial charge on any atom is -0.340 e. The maximum absolute atomic E-state index is 8.52. The molecule has 1 N–H and O–H groups in total. The first-order chi connectivity index (χ1) is 7.24. The average molecular weight is 281 g/mol. The second-order valence-electron chi connectivity index (χ2n) is 6.24. The minimum absolute atomic E-state index is 0. The topological polar surface area (TPSA) is 29.5 Å². The molecule has 0 spiro atoms. The van der Waals surface area contributed by atoms with Crippen molar-refractivity contribution in [3.05, 3.63) is 29.8 Å². The molecule has 0 fully saturated rings. The summed E-state index contributed by atoms with van der Waals surface area (Å²) in [5, 5.41) is 8.52. The van der Waals surface area contributed by atoms with Gasteiger partial charge in [0.1, 0.15) is 0 Å². The van der Waals surface area contributed by atoms with E-state index in [2.05, 4.69) is 39.5 Å². The molecule has 0 aliphatic heterocycles. The zero-order valence-corrected chi connectivity index (χ0v) is 12.2. The van der Waals surface area contributed by atoms with Crippen LogP contribution in [-0.2, 0) is 21.9 Å². The molecule has 0 atom stereocenters. The van der Waals surface area contributed by atoms with Crippen LogP contribution in [0.25, 0.3) is 0 Å². The van der Waals surface area contributed by atoms with Crippen LogP contribution in [0.1, 0.15) is 46.6 Å². The van der Waals surface area contributed by atoms with Gasteiger partial charge in [-0.05, 0) is 34.9 Å². The van der Waals surface area contributed by atoms with E-state index in [1.165, 1.54) is 5.56 Å². The van der Waals surface area contributed by atoms with Gasteiger partial charge in [-0.3, -0.25) is 0 Å². The summed E-state index contributed by atoms with van der Waals surface area (Å²) >= 11 is 0. The Morgan fingerprint density at radius 1 is 1.00 bits per heavy atom. The van der Waals surface area contributed by atoms with E-state index in [1.807, 2.05) is 12.1 Å². The Balaban J connectivity index is 0.00000256. The fourth-order valence-corrected chi connectivity index (χ4v) is 2.39. The summed E-state index contributed by atoms with van der Waals surface area (Å²) in [6.07, 6.45) is 1.11. The molecule has 0 radical (unpaired) electrons. The SMILES string of the molecule is CC(C)(C)CC(C)(C)c1ccc(OO)cc1.[Ni]. The number of hydrogen-bond acceptors (Lipinski definition) is 2. The number of benzene rings is 1. The molecule has 17 heavy (non-hydrogen) atoms. The monoisotopic (exact) mass is 280 g/mol. The van der Waals surface area contributed by atoms with Crippen molar-refractivity contribution >= 4 is 0 Å². The van der Waals surface area contributed by atoms with E-state index in [-0.39, 0.29) is 21.9 Å². The van der Waals surface area contributed by atoms with Gasteiger partial charge in [0.05, 0.1) is 0 Å². The molecule has 3 heteroatoms. The minimum atomic E-state index is 0. The molecule has 1 aromatic rings. The van der Waals surface area contributed by atoms with Crippen molar-refractivity contribution in [2.24, 2.45) is 5.41 Å². The summed E-state index contributed by atoms with van der Waals surface area (Å²) in [6, 6.07) is 7.61. The van der Waals surface area contributed by atoms with Gasteiger partial charge in [-0.2, -0.15) is 0 Å². The van der Waals surface area contributed by atoms with Gasteiger partial charge in [0, 0.05) is 16.5 Å². The Hall–Kier alpha value is -0.526. The predicted molar refractivity (Wildman–Crippen MR) is 66.8 cm³/mol. The van der Waals surface area contributed by atoms with Gasteiger partial charge < -0.3 is 4.89 Å². The third kappa shape index (κ3) is 5.10. The van der Waals surface area contributed by atoms with Crippen LogP contribution in [0.2, 0.25) is 0 Å². The second kappa shape index (κ2) is 5.88. The molecule has 1 aromatic carbocycles. The normalized spacial score (nSPS) is 11.9. The molecule has 0 heterocycles. The Bertz CT molecular complexity index is 336. The fraction of sp³-hybridized carbons (Fsp3) is 0.571. The Morgan fingerprint density at radius 2 is 1.47 bits per heavy atom. The third-order valence-corrected chi connectivity index (χ3v) is 2.71. The first kappa shape index (κ1) is 16.5. The maximum Gasteiger partial charge on any atom is 0.165 e. The molecular formula is C14H22NiO2. The fourth-order valence-electron chi connectivity index (χ4n) is 2.39. The van der Waals surface area contributed by atoms with Crippen molar-refractivity contribution in [1.82, 2.24) is 0 Å². The molecule has 100 valence electrons. The molecule has 0 bridgehead atoms. The Morgan fingerprint density at radius 3 is 1.82 bits per heavy atom. The molecular weight excluding hydrogens is 259 g/mol. The van der Waals surface area contributed by atoms with E-state index < -0.39 is 0 Å². The molecule has 0 saturated carbocycles. The van der Waals surface area contributed by atoms with Crippen LogP contribution >= 0.6 is 0 Å². The maximum atomic E-state index is 8.52. The van der Waals surface area contributed by atoms with Crippen LogP contribution in [0.4, 0.5) is 0 Å². The van der Waals surface area contributed by atoms with E-state index in [0.717, 1.165) is 6.42 Å². The van der Waals surface area contributed by atoms with Crippen LogP contribution in [-0.4, -0.2) is 5.26 Å². The molecule has 0 saturated heterocycles. The first-order valence-corrected chi connectivity index (χ1v) is 5.67. The van der Waals surface area contributed by atoms with Crippen LogP contribution in [0.3, 0.4) is 0 Å². The molecule has 1 rings (SSSR count). The second-order valence-corrected chi connectivity index (χ2v) is 6.24. The van der Waals surface area contributed by atoms with Gasteiger partial charge in [-0.15, -0.1) is 0 Å². The van der Waals surface area contributed by atoms with Crippen LogP contribution in [0.5, 0.6) is 5.75 Å². The summed E-state index contributed by atoms with van der Waals surface area (Å²) in [4.78, 5) is 4.18. The van der Waals surface area contributed by atoms with Crippen molar-refractivity contribution in [2.45, 2.75) is 46.5 Å². The van der Waals surface area contributed by atoms with Crippen LogP contribution in [0, 0.1) is 5.41 Å². The molecule has 0 unspecified atom stereocenters. The van der Waals surface area contributed by atoms with E-state index >= 15 is 0 Å².